The minimum absolute atomic E-state index is 0.0947. The Hall–Kier alpha value is -3.32. The van der Waals surface area contributed by atoms with Crippen LogP contribution in [0.1, 0.15) is 36.6 Å². The van der Waals surface area contributed by atoms with Crippen molar-refractivity contribution in [3.63, 3.8) is 0 Å². The molecule has 32 heavy (non-hydrogen) atoms. The van der Waals surface area contributed by atoms with Crippen molar-refractivity contribution in [2.24, 2.45) is 0 Å². The van der Waals surface area contributed by atoms with E-state index in [1.165, 1.54) is 0 Å². The molecule has 1 fully saturated rings. The van der Waals surface area contributed by atoms with E-state index in [0.717, 1.165) is 24.2 Å². The van der Waals surface area contributed by atoms with E-state index in [2.05, 4.69) is 18.7 Å². The van der Waals surface area contributed by atoms with E-state index >= 15 is 0 Å². The van der Waals surface area contributed by atoms with E-state index < -0.39 is 17.7 Å². The zero-order valence-electron chi connectivity index (χ0n) is 18.6. The summed E-state index contributed by atoms with van der Waals surface area (Å²) in [5.74, 6) is -0.402. The average molecular weight is 437 g/mol. The number of hydrogen-bond acceptors (Lipinski definition) is 6. The smallest absolute Gasteiger partial charge is 0.295 e. The highest BCUT2D eigenvalue weighted by Crippen LogP contribution is 2.41. The number of carbonyl (C=O) groups excluding carboxylic acids is 2. The number of Topliss-reactive ketones (excluding diaryl/α,β-unsaturated/α-hetero) is 1. The van der Waals surface area contributed by atoms with E-state index in [9.17, 15) is 14.7 Å². The molecule has 1 unspecified atom stereocenters. The third-order valence-electron chi connectivity index (χ3n) is 6.13. The summed E-state index contributed by atoms with van der Waals surface area (Å²) < 4.78 is 10.7. The summed E-state index contributed by atoms with van der Waals surface area (Å²) >= 11 is 0. The number of amides is 1. The molecule has 1 N–H and O–H groups in total. The van der Waals surface area contributed by atoms with Crippen molar-refractivity contribution in [1.29, 1.82) is 0 Å². The third kappa shape index (κ3) is 3.96. The fourth-order valence-corrected chi connectivity index (χ4v) is 4.19. The number of hydrogen-bond donors (Lipinski definition) is 1. The largest absolute Gasteiger partial charge is 0.507 e. The Balaban J connectivity index is 1.78. The van der Waals surface area contributed by atoms with Gasteiger partial charge in [-0.15, -0.1) is 0 Å². The maximum Gasteiger partial charge on any atom is 0.295 e. The second-order valence-electron chi connectivity index (χ2n) is 8.00. The summed E-state index contributed by atoms with van der Waals surface area (Å²) in [5.41, 5.74) is 2.37. The van der Waals surface area contributed by atoms with E-state index in [-0.39, 0.29) is 18.1 Å². The van der Waals surface area contributed by atoms with Crippen LogP contribution in [0.25, 0.3) is 5.76 Å². The highest BCUT2D eigenvalue weighted by Gasteiger charge is 2.46. The lowest BCUT2D eigenvalue weighted by Crippen LogP contribution is -2.38. The van der Waals surface area contributed by atoms with Crippen LogP contribution >= 0.6 is 0 Å². The zero-order valence-corrected chi connectivity index (χ0v) is 18.6. The van der Waals surface area contributed by atoms with Gasteiger partial charge in [0.25, 0.3) is 11.7 Å². The van der Waals surface area contributed by atoms with E-state index in [0.29, 0.717) is 30.2 Å². The first-order valence-corrected chi connectivity index (χ1v) is 10.9. The Morgan fingerprint density at radius 2 is 1.75 bits per heavy atom. The normalized spacial score (nSPS) is 19.2. The van der Waals surface area contributed by atoms with Gasteiger partial charge in [-0.2, -0.15) is 0 Å². The Kier molecular flexibility index (Phi) is 6.19. The lowest BCUT2D eigenvalue weighted by molar-refractivity contribution is -0.140. The molecule has 0 spiro atoms. The van der Waals surface area contributed by atoms with Crippen LogP contribution in [0.2, 0.25) is 0 Å². The number of ether oxygens (including phenoxy) is 2. The average Bonchev–Trinajstić information content (AvgIpc) is 3.37. The number of ketones is 1. The van der Waals surface area contributed by atoms with Crippen molar-refractivity contribution in [2.45, 2.75) is 26.8 Å². The van der Waals surface area contributed by atoms with Crippen molar-refractivity contribution < 1.29 is 24.2 Å². The molecule has 7 heteroatoms. The number of aliphatic hydroxyl groups is 1. The molecule has 1 atom stereocenters. The Morgan fingerprint density at radius 3 is 2.44 bits per heavy atom. The van der Waals surface area contributed by atoms with Gasteiger partial charge >= 0.3 is 0 Å². The number of fused-ring (bicyclic) bond motifs is 1. The lowest BCUT2D eigenvalue weighted by atomic mass is 9.94. The number of nitrogens with zero attached hydrogens (tertiary/aromatic N) is 2. The second-order valence-corrected chi connectivity index (χ2v) is 8.00. The molecule has 0 aromatic heterocycles. The first-order valence-electron chi connectivity index (χ1n) is 10.9. The molecule has 1 amide bonds. The molecule has 2 heterocycles. The molecule has 0 saturated carbocycles. The Bertz CT molecular complexity index is 1060. The molecule has 4 rings (SSSR count). The SMILES string of the molecule is CCN(CC)CCN1C(=O)C(=O)C(=C(O)c2ccc3c(c2)OCO3)C1c1ccc(C)cc1. The number of aryl methyl sites for hydroxylation is 1. The van der Waals surface area contributed by atoms with Crippen LogP contribution in [0, 0.1) is 6.92 Å². The van der Waals surface area contributed by atoms with Crippen LogP contribution < -0.4 is 9.47 Å². The molecule has 0 radical (unpaired) electrons. The molecule has 2 aliphatic rings. The lowest BCUT2D eigenvalue weighted by Gasteiger charge is -2.28. The van der Waals surface area contributed by atoms with Crippen molar-refractivity contribution in [1.82, 2.24) is 9.80 Å². The highest BCUT2D eigenvalue weighted by molar-refractivity contribution is 6.46. The minimum atomic E-state index is -0.676. The molecule has 2 aliphatic heterocycles. The number of benzene rings is 2. The van der Waals surface area contributed by atoms with Crippen LogP contribution in [0.5, 0.6) is 11.5 Å². The van der Waals surface area contributed by atoms with Gasteiger partial charge in [-0.25, -0.2) is 0 Å². The van der Waals surface area contributed by atoms with Crippen LogP contribution in [-0.2, 0) is 9.59 Å². The number of likely N-dealkylation sites (N-methyl/N-ethyl adjacent to an activating group) is 1. The van der Waals surface area contributed by atoms with Crippen LogP contribution in [-0.4, -0.2) is 59.6 Å². The van der Waals surface area contributed by atoms with Crippen LogP contribution in [0.15, 0.2) is 48.0 Å². The quantitative estimate of drug-likeness (QED) is 0.407. The molecule has 2 aromatic rings. The first kappa shape index (κ1) is 21.9. The summed E-state index contributed by atoms with van der Waals surface area (Å²) in [6.45, 7) is 8.96. The maximum atomic E-state index is 13.1. The van der Waals surface area contributed by atoms with Gasteiger partial charge in [-0.05, 0) is 43.8 Å². The predicted molar refractivity (Wildman–Crippen MR) is 121 cm³/mol. The maximum absolute atomic E-state index is 13.1. The fourth-order valence-electron chi connectivity index (χ4n) is 4.19. The number of carbonyl (C=O) groups is 2. The molecular formula is C25H28N2O5. The standard InChI is InChI=1S/C25H28N2O5/c1-4-26(5-2)12-13-27-22(17-8-6-16(3)7-9-17)21(24(29)25(27)30)23(28)18-10-11-19-20(14-18)32-15-31-19/h6-11,14,22,28H,4-5,12-13,15H2,1-3H3. The second kappa shape index (κ2) is 9.04. The first-order chi connectivity index (χ1) is 15.4. The summed E-state index contributed by atoms with van der Waals surface area (Å²) in [5, 5.41) is 11.2. The number of aliphatic hydroxyl groups excluding tert-OH is 1. The van der Waals surface area contributed by atoms with Gasteiger partial charge in [0.1, 0.15) is 5.76 Å². The molecule has 0 aliphatic carbocycles. The predicted octanol–water partition coefficient (Wildman–Crippen LogP) is 3.49. The zero-order chi connectivity index (χ0) is 22.8. The molecule has 1 saturated heterocycles. The summed E-state index contributed by atoms with van der Waals surface area (Å²) in [6, 6.07) is 12.0. The van der Waals surface area contributed by atoms with E-state index in [4.69, 9.17) is 9.47 Å². The van der Waals surface area contributed by atoms with Gasteiger partial charge in [0.2, 0.25) is 6.79 Å². The molecule has 2 aromatic carbocycles. The Labute approximate surface area is 187 Å². The summed E-state index contributed by atoms with van der Waals surface area (Å²) in [4.78, 5) is 29.9. The molecule has 0 bridgehead atoms. The van der Waals surface area contributed by atoms with Crippen LogP contribution in [0.3, 0.4) is 0 Å². The van der Waals surface area contributed by atoms with Crippen molar-refractivity contribution in [2.75, 3.05) is 33.0 Å². The van der Waals surface area contributed by atoms with Crippen molar-refractivity contribution >= 4 is 17.4 Å². The summed E-state index contributed by atoms with van der Waals surface area (Å²) in [6.07, 6.45) is 0. The minimum Gasteiger partial charge on any atom is -0.507 e. The van der Waals surface area contributed by atoms with Gasteiger partial charge in [-0.1, -0.05) is 43.7 Å². The third-order valence-corrected chi connectivity index (χ3v) is 6.13. The topological polar surface area (TPSA) is 79.3 Å². The molecular weight excluding hydrogens is 408 g/mol. The van der Waals surface area contributed by atoms with Gasteiger partial charge < -0.3 is 24.4 Å². The van der Waals surface area contributed by atoms with Gasteiger partial charge in [0, 0.05) is 18.7 Å². The highest BCUT2D eigenvalue weighted by atomic mass is 16.7. The number of likely N-dealkylation sites (tertiary alicyclic amines) is 1. The van der Waals surface area contributed by atoms with Gasteiger partial charge in [-0.3, -0.25) is 9.59 Å². The molecule has 168 valence electrons. The Morgan fingerprint density at radius 1 is 1.06 bits per heavy atom. The van der Waals surface area contributed by atoms with E-state index in [1.54, 1.807) is 23.1 Å². The van der Waals surface area contributed by atoms with Crippen molar-refractivity contribution in [3.8, 4) is 11.5 Å². The van der Waals surface area contributed by atoms with Crippen LogP contribution in [0.4, 0.5) is 0 Å². The monoisotopic (exact) mass is 436 g/mol. The summed E-state index contributed by atoms with van der Waals surface area (Å²) in [7, 11) is 0. The fraction of sp³-hybridized carbons (Fsp3) is 0.360. The number of rotatable bonds is 7. The van der Waals surface area contributed by atoms with Gasteiger partial charge in [0.05, 0.1) is 11.6 Å². The molecule has 7 nitrogen and oxygen atoms in total. The van der Waals surface area contributed by atoms with Gasteiger partial charge in [0.15, 0.2) is 11.5 Å². The van der Waals surface area contributed by atoms with E-state index in [1.807, 2.05) is 31.2 Å². The van der Waals surface area contributed by atoms with Crippen molar-refractivity contribution in [3.05, 3.63) is 64.7 Å².